The van der Waals surface area contributed by atoms with E-state index in [0.29, 0.717) is 0 Å². The minimum atomic E-state index is 1.24. The average molecular weight is 216 g/mol. The second-order valence-electron chi connectivity index (χ2n) is 2.49. The van der Waals surface area contributed by atoms with Crippen LogP contribution in [0.4, 0.5) is 0 Å². The topological polar surface area (TPSA) is 0 Å². The van der Waals surface area contributed by atoms with Crippen LogP contribution in [-0.2, 0) is 0 Å². The van der Waals surface area contributed by atoms with Gasteiger partial charge in [-0.3, -0.25) is 0 Å². The van der Waals surface area contributed by atoms with Crippen LogP contribution < -0.4 is 0 Å². The third kappa shape index (κ3) is 4.82. The molecule has 0 unspecified atom stereocenters. The van der Waals surface area contributed by atoms with E-state index >= 15 is 0 Å². The SMILES string of the molecule is CC.CSC1=C(SC)CCCC=C1. The fourth-order valence-corrected chi connectivity index (χ4v) is 2.85. The summed E-state index contributed by atoms with van der Waals surface area (Å²) in [5.74, 6) is 0. The molecule has 0 saturated heterocycles. The van der Waals surface area contributed by atoms with E-state index in [1.807, 2.05) is 37.4 Å². The molecule has 0 amide bonds. The zero-order valence-corrected chi connectivity index (χ0v) is 10.7. The summed E-state index contributed by atoms with van der Waals surface area (Å²) >= 11 is 3.76. The number of allylic oxidation sites excluding steroid dienone is 3. The van der Waals surface area contributed by atoms with E-state index < -0.39 is 0 Å². The third-order valence-corrected chi connectivity index (χ3v) is 3.65. The van der Waals surface area contributed by atoms with Crippen molar-refractivity contribution >= 4 is 23.5 Å². The summed E-state index contributed by atoms with van der Waals surface area (Å²) in [6.45, 7) is 4.00. The maximum absolute atomic E-state index is 2.29. The minimum Gasteiger partial charge on any atom is -0.133 e. The van der Waals surface area contributed by atoms with E-state index in [0.717, 1.165) is 0 Å². The summed E-state index contributed by atoms with van der Waals surface area (Å²) < 4.78 is 0. The molecule has 1 aliphatic rings. The first-order valence-electron chi connectivity index (χ1n) is 4.86. The molecule has 1 rings (SSSR count). The van der Waals surface area contributed by atoms with Crippen molar-refractivity contribution < 1.29 is 0 Å². The zero-order chi connectivity index (χ0) is 10.1. The first-order valence-corrected chi connectivity index (χ1v) is 7.31. The van der Waals surface area contributed by atoms with Crippen molar-refractivity contribution in [3.63, 3.8) is 0 Å². The molecule has 0 spiro atoms. The fourth-order valence-electron chi connectivity index (χ4n) is 1.17. The summed E-state index contributed by atoms with van der Waals surface area (Å²) in [6, 6.07) is 0. The van der Waals surface area contributed by atoms with E-state index in [2.05, 4.69) is 24.7 Å². The van der Waals surface area contributed by atoms with Crippen LogP contribution in [0.15, 0.2) is 22.0 Å². The highest BCUT2D eigenvalue weighted by molar-refractivity contribution is 8.06. The molecule has 2 heteroatoms. The number of hydrogen-bond donors (Lipinski definition) is 0. The molecular weight excluding hydrogens is 196 g/mol. The Morgan fingerprint density at radius 1 is 1.15 bits per heavy atom. The fraction of sp³-hybridized carbons (Fsp3) is 0.636. The first kappa shape index (κ1) is 13.2. The Kier molecular flexibility index (Phi) is 8.89. The molecule has 0 bridgehead atoms. The van der Waals surface area contributed by atoms with Crippen molar-refractivity contribution in [1.82, 2.24) is 0 Å². The van der Waals surface area contributed by atoms with Crippen LogP contribution in [0.1, 0.15) is 33.1 Å². The normalized spacial score (nSPS) is 16.3. The number of hydrogen-bond acceptors (Lipinski definition) is 2. The molecule has 0 aromatic heterocycles. The molecule has 0 N–H and O–H groups in total. The average Bonchev–Trinajstić information content (AvgIpc) is 2.44. The molecule has 13 heavy (non-hydrogen) atoms. The van der Waals surface area contributed by atoms with Crippen LogP contribution in [0, 0.1) is 0 Å². The van der Waals surface area contributed by atoms with E-state index in [-0.39, 0.29) is 0 Å². The summed E-state index contributed by atoms with van der Waals surface area (Å²) in [4.78, 5) is 3.03. The lowest BCUT2D eigenvalue weighted by molar-refractivity contribution is 0.868. The molecule has 0 fully saturated rings. The van der Waals surface area contributed by atoms with Crippen LogP contribution in [0.3, 0.4) is 0 Å². The first-order chi connectivity index (χ1) is 6.38. The monoisotopic (exact) mass is 216 g/mol. The molecule has 0 heterocycles. The molecule has 0 aromatic carbocycles. The van der Waals surface area contributed by atoms with E-state index in [1.54, 1.807) is 4.91 Å². The van der Waals surface area contributed by atoms with Gasteiger partial charge in [0.15, 0.2) is 0 Å². The van der Waals surface area contributed by atoms with Gasteiger partial charge in [0.2, 0.25) is 0 Å². The molecule has 0 aromatic rings. The van der Waals surface area contributed by atoms with Gasteiger partial charge in [-0.1, -0.05) is 26.0 Å². The number of rotatable bonds is 2. The Morgan fingerprint density at radius 2 is 1.85 bits per heavy atom. The lowest BCUT2D eigenvalue weighted by Gasteiger charge is -2.04. The van der Waals surface area contributed by atoms with Crippen molar-refractivity contribution in [2.24, 2.45) is 0 Å². The van der Waals surface area contributed by atoms with Gasteiger partial charge in [-0.05, 0) is 36.7 Å². The molecule has 0 aliphatic heterocycles. The Hall–Kier alpha value is 0.180. The largest absolute Gasteiger partial charge is 0.133 e. The summed E-state index contributed by atoms with van der Waals surface area (Å²) in [7, 11) is 0. The highest BCUT2D eigenvalue weighted by atomic mass is 32.2. The Balaban J connectivity index is 0.000000671. The molecule has 0 radical (unpaired) electrons. The Morgan fingerprint density at radius 3 is 2.38 bits per heavy atom. The Bertz CT molecular complexity index is 181. The van der Waals surface area contributed by atoms with Crippen molar-refractivity contribution in [1.29, 1.82) is 0 Å². The van der Waals surface area contributed by atoms with Crippen molar-refractivity contribution in [2.45, 2.75) is 33.1 Å². The van der Waals surface area contributed by atoms with Gasteiger partial charge in [-0.25, -0.2) is 0 Å². The summed E-state index contributed by atoms with van der Waals surface area (Å²) in [5, 5.41) is 0. The van der Waals surface area contributed by atoms with Crippen LogP contribution >= 0.6 is 23.5 Å². The van der Waals surface area contributed by atoms with Crippen LogP contribution in [-0.4, -0.2) is 12.5 Å². The standard InChI is InChI=1S/C9H14S2.C2H6/c1-10-8-6-4-3-5-7-9(8)11-2;1-2/h4,6H,3,5,7H2,1-2H3;1-2H3. The zero-order valence-electron chi connectivity index (χ0n) is 9.09. The van der Waals surface area contributed by atoms with Crippen molar-refractivity contribution in [3.05, 3.63) is 22.0 Å². The minimum absolute atomic E-state index is 1.24. The van der Waals surface area contributed by atoms with Crippen LogP contribution in [0.5, 0.6) is 0 Å². The molecule has 0 atom stereocenters. The van der Waals surface area contributed by atoms with Gasteiger partial charge in [0.05, 0.1) is 0 Å². The lowest BCUT2D eigenvalue weighted by atomic mass is 10.2. The summed E-state index contributed by atoms with van der Waals surface area (Å²) in [5.41, 5.74) is 0. The molecule has 0 nitrogen and oxygen atoms in total. The van der Waals surface area contributed by atoms with E-state index in [4.69, 9.17) is 0 Å². The van der Waals surface area contributed by atoms with Gasteiger partial charge >= 0.3 is 0 Å². The second kappa shape index (κ2) is 8.76. The smallest absolute Gasteiger partial charge is 0.0161 e. The molecular formula is C11H20S2. The van der Waals surface area contributed by atoms with Gasteiger partial charge in [-0.15, -0.1) is 23.5 Å². The molecule has 76 valence electrons. The van der Waals surface area contributed by atoms with E-state index in [9.17, 15) is 0 Å². The van der Waals surface area contributed by atoms with Crippen molar-refractivity contribution in [3.8, 4) is 0 Å². The highest BCUT2D eigenvalue weighted by Crippen LogP contribution is 2.31. The third-order valence-electron chi connectivity index (χ3n) is 1.78. The second-order valence-corrected chi connectivity index (χ2v) is 4.24. The van der Waals surface area contributed by atoms with Crippen LogP contribution in [0.2, 0.25) is 0 Å². The van der Waals surface area contributed by atoms with Gasteiger partial charge in [0.25, 0.3) is 0 Å². The highest BCUT2D eigenvalue weighted by Gasteiger charge is 2.04. The quantitative estimate of drug-likeness (QED) is 0.657. The maximum atomic E-state index is 2.29. The molecule has 0 saturated carbocycles. The predicted molar refractivity (Wildman–Crippen MR) is 68.4 cm³/mol. The lowest BCUT2D eigenvalue weighted by Crippen LogP contribution is -1.79. The predicted octanol–water partition coefficient (Wildman–Crippen LogP) is 4.69. The van der Waals surface area contributed by atoms with Crippen molar-refractivity contribution in [2.75, 3.05) is 12.5 Å². The van der Waals surface area contributed by atoms with Gasteiger partial charge in [0.1, 0.15) is 0 Å². The maximum Gasteiger partial charge on any atom is 0.0161 e. The van der Waals surface area contributed by atoms with Gasteiger partial charge in [-0.2, -0.15) is 0 Å². The summed E-state index contributed by atoms with van der Waals surface area (Å²) in [6.07, 6.45) is 12.7. The van der Waals surface area contributed by atoms with E-state index in [1.165, 1.54) is 24.2 Å². The van der Waals surface area contributed by atoms with Gasteiger partial charge < -0.3 is 0 Å². The Labute approximate surface area is 91.3 Å². The number of thioether (sulfide) groups is 2. The van der Waals surface area contributed by atoms with Gasteiger partial charge in [0, 0.05) is 4.91 Å². The van der Waals surface area contributed by atoms with Crippen LogP contribution in [0.25, 0.3) is 0 Å². The molecule has 1 aliphatic carbocycles.